The highest BCUT2D eigenvalue weighted by Gasteiger charge is 2.26. The van der Waals surface area contributed by atoms with Gasteiger partial charge in [-0.05, 0) is 51.0 Å². The van der Waals surface area contributed by atoms with Crippen LogP contribution in [0.4, 0.5) is 0 Å². The molecule has 1 N–H and O–H groups in total. The predicted octanol–water partition coefficient (Wildman–Crippen LogP) is 4.47. The van der Waals surface area contributed by atoms with Crippen LogP contribution in [0.15, 0.2) is 53.0 Å². The first-order valence-electron chi connectivity index (χ1n) is 9.49. The molecule has 0 saturated carbocycles. The van der Waals surface area contributed by atoms with Crippen molar-refractivity contribution in [2.24, 2.45) is 0 Å². The van der Waals surface area contributed by atoms with Crippen LogP contribution in [0.1, 0.15) is 26.3 Å². The topological polar surface area (TPSA) is 58.6 Å². The molecule has 0 aliphatic carbocycles. The normalized spacial score (nSPS) is 11.8. The van der Waals surface area contributed by atoms with Gasteiger partial charge in [-0.3, -0.25) is 9.59 Å². The summed E-state index contributed by atoms with van der Waals surface area (Å²) in [5.74, 6) is -0.0417. The van der Waals surface area contributed by atoms with Crippen LogP contribution >= 0.6 is 27.5 Å². The van der Waals surface area contributed by atoms with Crippen molar-refractivity contribution >= 4 is 39.3 Å². The van der Waals surface area contributed by atoms with E-state index in [9.17, 15) is 9.59 Å². The Morgan fingerprint density at radius 3 is 2.45 bits per heavy atom. The number of halogens is 2. The third-order valence-electron chi connectivity index (χ3n) is 4.33. The summed E-state index contributed by atoms with van der Waals surface area (Å²) >= 11 is 9.50. The smallest absolute Gasteiger partial charge is 0.261 e. The zero-order chi connectivity index (χ0) is 21.4. The van der Waals surface area contributed by atoms with Gasteiger partial charge in [-0.25, -0.2) is 0 Å². The maximum absolute atomic E-state index is 12.9. The Labute approximate surface area is 185 Å². The first-order valence-corrected chi connectivity index (χ1v) is 10.7. The molecule has 1 atom stereocenters. The number of rotatable bonds is 9. The Bertz CT molecular complexity index is 830. The molecule has 0 saturated heterocycles. The van der Waals surface area contributed by atoms with Gasteiger partial charge in [-0.2, -0.15) is 0 Å². The summed E-state index contributed by atoms with van der Waals surface area (Å²) in [6.45, 7) is 5.72. The lowest BCUT2D eigenvalue weighted by Crippen LogP contribution is -2.51. The minimum Gasteiger partial charge on any atom is -0.482 e. The number of carbonyl (C=O) groups is 2. The van der Waals surface area contributed by atoms with Crippen molar-refractivity contribution in [3.05, 3.63) is 63.6 Å². The molecule has 2 aromatic rings. The SMILES string of the molecule is CC(C)NC(=O)[C@H](C)N(CCc1ccccc1)C(=O)COc1ccc(Br)cc1Cl. The standard InChI is InChI=1S/C22H26BrClN2O3/c1-15(2)25-22(28)16(3)26(12-11-17-7-5-4-6-8-17)21(27)14-29-20-10-9-18(23)13-19(20)24/h4-10,13,15-16H,11-12,14H2,1-3H3,(H,25,28)/t16-/m0/s1. The molecule has 29 heavy (non-hydrogen) atoms. The summed E-state index contributed by atoms with van der Waals surface area (Å²) in [4.78, 5) is 27.0. The van der Waals surface area contributed by atoms with Crippen molar-refractivity contribution in [3.8, 4) is 5.75 Å². The minimum atomic E-state index is -0.613. The number of ether oxygens (including phenoxy) is 1. The van der Waals surface area contributed by atoms with Crippen LogP contribution in [0.25, 0.3) is 0 Å². The second-order valence-electron chi connectivity index (χ2n) is 7.03. The predicted molar refractivity (Wildman–Crippen MR) is 119 cm³/mol. The number of hydrogen-bond acceptors (Lipinski definition) is 3. The van der Waals surface area contributed by atoms with Gasteiger partial charge in [0.05, 0.1) is 5.02 Å². The summed E-state index contributed by atoms with van der Waals surface area (Å²) in [6.07, 6.45) is 0.644. The van der Waals surface area contributed by atoms with Crippen molar-refractivity contribution in [2.45, 2.75) is 39.3 Å². The monoisotopic (exact) mass is 480 g/mol. The summed E-state index contributed by atoms with van der Waals surface area (Å²) in [5, 5.41) is 3.28. The van der Waals surface area contributed by atoms with E-state index in [0.29, 0.717) is 23.7 Å². The molecule has 5 nitrogen and oxygen atoms in total. The van der Waals surface area contributed by atoms with Gasteiger partial charge in [0.15, 0.2) is 6.61 Å². The lowest BCUT2D eigenvalue weighted by atomic mass is 10.1. The first-order chi connectivity index (χ1) is 13.8. The number of carbonyl (C=O) groups excluding carboxylic acids is 2. The summed E-state index contributed by atoms with van der Waals surface area (Å²) in [5.41, 5.74) is 1.10. The van der Waals surface area contributed by atoms with Crippen LogP contribution in [0.2, 0.25) is 5.02 Å². The number of amides is 2. The average molecular weight is 482 g/mol. The maximum Gasteiger partial charge on any atom is 0.261 e. The highest BCUT2D eigenvalue weighted by atomic mass is 79.9. The van der Waals surface area contributed by atoms with E-state index in [-0.39, 0.29) is 24.5 Å². The van der Waals surface area contributed by atoms with E-state index in [4.69, 9.17) is 16.3 Å². The largest absolute Gasteiger partial charge is 0.482 e. The van der Waals surface area contributed by atoms with Crippen LogP contribution in [-0.2, 0) is 16.0 Å². The fourth-order valence-corrected chi connectivity index (χ4v) is 3.52. The Balaban J connectivity index is 2.09. The Morgan fingerprint density at radius 1 is 1.14 bits per heavy atom. The van der Waals surface area contributed by atoms with Gasteiger partial charge in [0.2, 0.25) is 5.91 Å². The van der Waals surface area contributed by atoms with Gasteiger partial charge in [-0.15, -0.1) is 0 Å². The first kappa shape index (κ1) is 23.2. The second-order valence-corrected chi connectivity index (χ2v) is 8.35. The van der Waals surface area contributed by atoms with Crippen LogP contribution < -0.4 is 10.1 Å². The molecule has 0 unspecified atom stereocenters. The zero-order valence-corrected chi connectivity index (χ0v) is 19.2. The molecule has 156 valence electrons. The van der Waals surface area contributed by atoms with Gasteiger partial charge in [-0.1, -0.05) is 57.9 Å². The van der Waals surface area contributed by atoms with E-state index in [1.807, 2.05) is 44.2 Å². The molecule has 0 bridgehead atoms. The maximum atomic E-state index is 12.9. The number of nitrogens with one attached hydrogen (secondary N) is 1. The number of nitrogens with zero attached hydrogens (tertiary/aromatic N) is 1. The van der Waals surface area contributed by atoms with Gasteiger partial charge in [0, 0.05) is 17.1 Å². The van der Waals surface area contributed by atoms with E-state index in [2.05, 4.69) is 21.2 Å². The highest BCUT2D eigenvalue weighted by Crippen LogP contribution is 2.27. The van der Waals surface area contributed by atoms with E-state index in [0.717, 1.165) is 10.0 Å². The molecular weight excluding hydrogens is 456 g/mol. The fourth-order valence-electron chi connectivity index (χ4n) is 2.79. The number of benzene rings is 2. The number of hydrogen-bond donors (Lipinski definition) is 1. The molecule has 0 spiro atoms. The van der Waals surface area contributed by atoms with E-state index in [1.54, 1.807) is 30.0 Å². The van der Waals surface area contributed by atoms with Crippen LogP contribution in [0.3, 0.4) is 0 Å². The van der Waals surface area contributed by atoms with Crippen LogP contribution in [-0.4, -0.2) is 41.9 Å². The molecular formula is C22H26BrClN2O3. The molecule has 0 radical (unpaired) electrons. The van der Waals surface area contributed by atoms with Crippen molar-refractivity contribution in [1.82, 2.24) is 10.2 Å². The molecule has 2 rings (SSSR count). The molecule has 7 heteroatoms. The summed E-state index contributed by atoms with van der Waals surface area (Å²) < 4.78 is 6.45. The molecule has 0 aromatic heterocycles. The van der Waals surface area contributed by atoms with E-state index in [1.165, 1.54) is 0 Å². The second kappa shape index (κ2) is 11.2. The van der Waals surface area contributed by atoms with E-state index >= 15 is 0 Å². The van der Waals surface area contributed by atoms with Crippen molar-refractivity contribution in [2.75, 3.05) is 13.2 Å². The minimum absolute atomic E-state index is 0.00570. The molecule has 0 aliphatic heterocycles. The quantitative estimate of drug-likeness (QED) is 0.575. The van der Waals surface area contributed by atoms with Crippen LogP contribution in [0.5, 0.6) is 5.75 Å². The Morgan fingerprint density at radius 2 is 1.83 bits per heavy atom. The summed E-state index contributed by atoms with van der Waals surface area (Å²) in [6, 6.07) is 14.4. The Hall–Kier alpha value is -2.05. The molecule has 0 heterocycles. The molecule has 0 aliphatic rings. The molecule has 0 fully saturated rings. The third kappa shape index (κ3) is 7.37. The van der Waals surface area contributed by atoms with Gasteiger partial charge in [0.25, 0.3) is 5.91 Å². The zero-order valence-electron chi connectivity index (χ0n) is 16.8. The van der Waals surface area contributed by atoms with Gasteiger partial charge >= 0.3 is 0 Å². The molecule has 2 amide bonds. The fraction of sp³-hybridized carbons (Fsp3) is 0.364. The van der Waals surface area contributed by atoms with Crippen molar-refractivity contribution in [1.29, 1.82) is 0 Å². The van der Waals surface area contributed by atoms with E-state index < -0.39 is 6.04 Å². The third-order valence-corrected chi connectivity index (χ3v) is 5.12. The average Bonchev–Trinajstić information content (AvgIpc) is 2.67. The van der Waals surface area contributed by atoms with Gasteiger partial charge < -0.3 is 15.0 Å². The Kier molecular flexibility index (Phi) is 8.99. The lowest BCUT2D eigenvalue weighted by molar-refractivity contribution is -0.141. The van der Waals surface area contributed by atoms with Crippen molar-refractivity contribution < 1.29 is 14.3 Å². The van der Waals surface area contributed by atoms with Crippen molar-refractivity contribution in [3.63, 3.8) is 0 Å². The van der Waals surface area contributed by atoms with Gasteiger partial charge in [0.1, 0.15) is 11.8 Å². The highest BCUT2D eigenvalue weighted by molar-refractivity contribution is 9.10. The lowest BCUT2D eigenvalue weighted by Gasteiger charge is -2.29. The summed E-state index contributed by atoms with van der Waals surface area (Å²) in [7, 11) is 0. The molecule has 2 aromatic carbocycles. The van der Waals surface area contributed by atoms with Crippen LogP contribution in [0, 0.1) is 0 Å².